The first-order valence-electron chi connectivity index (χ1n) is 31.5. The average molecular weight is 1190 g/mol. The number of para-hydroxylation sites is 4. The van der Waals surface area contributed by atoms with E-state index in [4.69, 9.17) is 19.9 Å². The molecule has 0 N–H and O–H groups in total. The SMILES string of the molecule is c1ccc(-c2cc(-c3ccccc3)nc(-c3ccc(-n4c5ccccc5c5c(-c6cccc(-c7cc(-c8ccccc8)nc(-c8ccc(-n9c%10ccccc%10c%10cc(-c%11ccc%12c(c%11)c%11ccccc%11n%12-c%11ccccc%11)ccc%109)cc8)n7)c6)cccc54)cc3)n2)cc1. The van der Waals surface area contributed by atoms with Crippen LogP contribution in [0.4, 0.5) is 0 Å². The van der Waals surface area contributed by atoms with E-state index in [0.717, 1.165) is 106 Å². The molecule has 7 nitrogen and oxygen atoms in total. The largest absolute Gasteiger partial charge is 0.309 e. The van der Waals surface area contributed by atoms with Gasteiger partial charge in [-0.05, 0) is 150 Å². The molecule has 18 aromatic rings. The molecule has 18 rings (SSSR count). The van der Waals surface area contributed by atoms with Crippen LogP contribution in [0, 0.1) is 0 Å². The standard InChI is InChI=1S/C86H55N7/c1-5-21-56(22-6-1)74-54-75(57-23-7-2-8-24-57)88-85(87-74)59-41-47-67(48-42-59)93-80-37-18-15-33-71(80)84-68(34-20-38-83(84)93)63-27-19-28-64(51-63)77-55-76(58-25-9-3-10-26-58)89-86(90-77)60-39-45-66(46-40-60)92-79-36-17-14-32-70(79)73-53-62(44-50-82(73)92)61-43-49-81-72(52-61)69-31-13-16-35-78(69)91(81)65-29-11-4-12-30-65/h1-55H. The summed E-state index contributed by atoms with van der Waals surface area (Å²) in [6.45, 7) is 0. The molecule has 434 valence electrons. The molecule has 0 aliphatic carbocycles. The van der Waals surface area contributed by atoms with Crippen LogP contribution in [0.5, 0.6) is 0 Å². The molecule has 0 bridgehead atoms. The topological polar surface area (TPSA) is 66.3 Å². The van der Waals surface area contributed by atoms with E-state index >= 15 is 0 Å². The van der Waals surface area contributed by atoms with E-state index in [1.807, 2.05) is 42.5 Å². The fourth-order valence-electron chi connectivity index (χ4n) is 13.9. The molecule has 0 radical (unpaired) electrons. The maximum Gasteiger partial charge on any atom is 0.160 e. The number of hydrogen-bond donors (Lipinski definition) is 0. The van der Waals surface area contributed by atoms with Crippen LogP contribution in [0.15, 0.2) is 334 Å². The lowest BCUT2D eigenvalue weighted by atomic mass is 9.97. The molecule has 0 saturated carbocycles. The number of benzene rings is 13. The molecule has 5 heterocycles. The molecule has 0 fully saturated rings. The van der Waals surface area contributed by atoms with Crippen LogP contribution in [0.1, 0.15) is 0 Å². The van der Waals surface area contributed by atoms with Crippen molar-refractivity contribution in [1.29, 1.82) is 0 Å². The first kappa shape index (κ1) is 53.4. The number of fused-ring (bicyclic) bond motifs is 9. The number of rotatable bonds is 11. The summed E-state index contributed by atoms with van der Waals surface area (Å²) in [6.07, 6.45) is 0. The number of nitrogens with zero attached hydrogens (tertiary/aromatic N) is 7. The molecule has 5 aromatic heterocycles. The Labute approximate surface area is 536 Å². The molecule has 0 amide bonds. The molecule has 0 spiro atoms. The van der Waals surface area contributed by atoms with Gasteiger partial charge in [0, 0.05) is 82.8 Å². The second-order valence-electron chi connectivity index (χ2n) is 23.8. The van der Waals surface area contributed by atoms with E-state index in [2.05, 4.69) is 305 Å². The Morgan fingerprint density at radius 2 is 0.516 bits per heavy atom. The van der Waals surface area contributed by atoms with Crippen molar-refractivity contribution in [1.82, 2.24) is 33.6 Å². The van der Waals surface area contributed by atoms with E-state index in [1.54, 1.807) is 0 Å². The van der Waals surface area contributed by atoms with E-state index in [9.17, 15) is 0 Å². The molecule has 93 heavy (non-hydrogen) atoms. The van der Waals surface area contributed by atoms with Crippen molar-refractivity contribution in [3.8, 4) is 107 Å². The van der Waals surface area contributed by atoms with Gasteiger partial charge < -0.3 is 13.7 Å². The van der Waals surface area contributed by atoms with Crippen molar-refractivity contribution in [2.45, 2.75) is 0 Å². The van der Waals surface area contributed by atoms with Gasteiger partial charge in [-0.25, -0.2) is 19.9 Å². The quantitative estimate of drug-likeness (QED) is 0.129. The fourth-order valence-corrected chi connectivity index (χ4v) is 13.9. The summed E-state index contributed by atoms with van der Waals surface area (Å²) in [5, 5.41) is 7.23. The average Bonchev–Trinajstić information content (AvgIpc) is 1.62. The van der Waals surface area contributed by atoms with Crippen molar-refractivity contribution in [3.05, 3.63) is 334 Å². The van der Waals surface area contributed by atoms with Crippen LogP contribution in [0.3, 0.4) is 0 Å². The summed E-state index contributed by atoms with van der Waals surface area (Å²) in [5.41, 5.74) is 24.2. The van der Waals surface area contributed by atoms with Gasteiger partial charge in [0.25, 0.3) is 0 Å². The van der Waals surface area contributed by atoms with Crippen molar-refractivity contribution in [2.75, 3.05) is 0 Å². The minimum absolute atomic E-state index is 0.655. The molecule has 0 aliphatic heterocycles. The normalized spacial score (nSPS) is 11.7. The highest BCUT2D eigenvalue weighted by Crippen LogP contribution is 2.42. The third-order valence-corrected chi connectivity index (χ3v) is 18.3. The smallest absolute Gasteiger partial charge is 0.160 e. The van der Waals surface area contributed by atoms with Gasteiger partial charge in [-0.1, -0.05) is 206 Å². The van der Waals surface area contributed by atoms with E-state index in [1.165, 1.54) is 54.5 Å². The highest BCUT2D eigenvalue weighted by molar-refractivity contribution is 6.16. The number of aromatic nitrogens is 7. The molecule has 0 unspecified atom stereocenters. The van der Waals surface area contributed by atoms with Gasteiger partial charge in [0.1, 0.15) is 0 Å². The third-order valence-electron chi connectivity index (χ3n) is 18.3. The number of hydrogen-bond acceptors (Lipinski definition) is 4. The van der Waals surface area contributed by atoms with Gasteiger partial charge in [0.05, 0.1) is 55.9 Å². The highest BCUT2D eigenvalue weighted by atomic mass is 15.0. The lowest BCUT2D eigenvalue weighted by Gasteiger charge is -2.13. The minimum atomic E-state index is 0.655. The second kappa shape index (κ2) is 22.2. The fraction of sp³-hybridized carbons (Fsp3) is 0. The Morgan fingerprint density at radius 1 is 0.183 bits per heavy atom. The van der Waals surface area contributed by atoms with Crippen molar-refractivity contribution in [2.24, 2.45) is 0 Å². The zero-order valence-corrected chi connectivity index (χ0v) is 50.4. The Kier molecular flexibility index (Phi) is 12.7. The van der Waals surface area contributed by atoms with Gasteiger partial charge in [0.15, 0.2) is 11.6 Å². The first-order valence-corrected chi connectivity index (χ1v) is 31.5. The van der Waals surface area contributed by atoms with Crippen LogP contribution in [0.2, 0.25) is 0 Å². The molecular formula is C86H55N7. The minimum Gasteiger partial charge on any atom is -0.309 e. The second-order valence-corrected chi connectivity index (χ2v) is 23.8. The van der Waals surface area contributed by atoms with Crippen LogP contribution in [0.25, 0.3) is 173 Å². The maximum absolute atomic E-state index is 5.41. The predicted octanol–water partition coefficient (Wildman–Crippen LogP) is 21.9. The molecule has 0 aliphatic rings. The molecule has 0 saturated heterocycles. The van der Waals surface area contributed by atoms with Crippen LogP contribution < -0.4 is 0 Å². The monoisotopic (exact) mass is 1190 g/mol. The van der Waals surface area contributed by atoms with Gasteiger partial charge >= 0.3 is 0 Å². The molecule has 0 atom stereocenters. The van der Waals surface area contributed by atoms with E-state index in [-0.39, 0.29) is 0 Å². The highest BCUT2D eigenvalue weighted by Gasteiger charge is 2.21. The summed E-state index contributed by atoms with van der Waals surface area (Å²) in [7, 11) is 0. The van der Waals surface area contributed by atoms with Gasteiger partial charge in [0.2, 0.25) is 0 Å². The maximum atomic E-state index is 5.41. The third kappa shape index (κ3) is 9.29. The Balaban J connectivity index is 0.691. The summed E-state index contributed by atoms with van der Waals surface area (Å²) in [4.78, 5) is 21.0. The Morgan fingerprint density at radius 3 is 1.00 bits per heavy atom. The van der Waals surface area contributed by atoms with Gasteiger partial charge in [-0.3, -0.25) is 0 Å². The molecule has 13 aromatic carbocycles. The molecular weight excluding hydrogens is 1130 g/mol. The molecule has 7 heteroatoms. The van der Waals surface area contributed by atoms with Crippen LogP contribution in [-0.2, 0) is 0 Å². The van der Waals surface area contributed by atoms with E-state index < -0.39 is 0 Å². The van der Waals surface area contributed by atoms with Crippen molar-refractivity contribution in [3.63, 3.8) is 0 Å². The lowest BCUT2D eigenvalue weighted by molar-refractivity contribution is 1.16. The summed E-state index contributed by atoms with van der Waals surface area (Å²) >= 11 is 0. The lowest BCUT2D eigenvalue weighted by Crippen LogP contribution is -1.97. The Hall–Kier alpha value is -12.6. The van der Waals surface area contributed by atoms with Crippen LogP contribution in [-0.4, -0.2) is 33.6 Å². The van der Waals surface area contributed by atoms with Crippen LogP contribution >= 0.6 is 0 Å². The van der Waals surface area contributed by atoms with Crippen molar-refractivity contribution >= 4 is 65.4 Å². The predicted molar refractivity (Wildman–Crippen MR) is 384 cm³/mol. The van der Waals surface area contributed by atoms with Crippen molar-refractivity contribution < 1.29 is 0 Å². The van der Waals surface area contributed by atoms with Gasteiger partial charge in [-0.15, -0.1) is 0 Å². The van der Waals surface area contributed by atoms with E-state index in [0.29, 0.717) is 11.6 Å². The Bertz CT molecular complexity index is 5830. The first-order chi connectivity index (χ1) is 46.1. The summed E-state index contributed by atoms with van der Waals surface area (Å²) in [5.74, 6) is 1.33. The zero-order chi connectivity index (χ0) is 61.3. The van der Waals surface area contributed by atoms with Gasteiger partial charge in [-0.2, -0.15) is 0 Å². The summed E-state index contributed by atoms with van der Waals surface area (Å²) in [6, 6.07) is 119. The zero-order valence-electron chi connectivity index (χ0n) is 50.4. The summed E-state index contributed by atoms with van der Waals surface area (Å²) < 4.78 is 7.12.